The number of nitrogens with zero attached hydrogens (tertiary/aromatic N) is 1. The number of aryl methyl sites for hydroxylation is 1. The van der Waals surface area contributed by atoms with E-state index in [2.05, 4.69) is 6.92 Å². The lowest BCUT2D eigenvalue weighted by atomic mass is 9.95. The predicted molar refractivity (Wildman–Crippen MR) is 105 cm³/mol. The Labute approximate surface area is 163 Å². The van der Waals surface area contributed by atoms with Crippen LogP contribution in [0.25, 0.3) is 0 Å². The maximum atomic E-state index is 13.1. The summed E-state index contributed by atoms with van der Waals surface area (Å²) in [5.74, 6) is 1.92. The van der Waals surface area contributed by atoms with E-state index in [0.717, 1.165) is 29.8 Å². The van der Waals surface area contributed by atoms with E-state index in [9.17, 15) is 4.79 Å². The summed E-state index contributed by atoms with van der Waals surface area (Å²) in [4.78, 5) is 15.0. The molecule has 4 rings (SSSR count). The third-order valence-electron chi connectivity index (χ3n) is 5.09. The topological polar surface area (TPSA) is 48.0 Å². The number of amides is 1. The second-order valence-electron chi connectivity index (χ2n) is 6.84. The largest absolute Gasteiger partial charge is 0.495 e. The van der Waals surface area contributed by atoms with Gasteiger partial charge in [0.2, 0.25) is 5.91 Å². The number of hydrogen-bond donors (Lipinski definition) is 0. The summed E-state index contributed by atoms with van der Waals surface area (Å²) in [6.45, 7) is 3.72. The minimum absolute atomic E-state index is 0.0209. The molecule has 2 heterocycles. The van der Waals surface area contributed by atoms with Gasteiger partial charge < -0.3 is 19.1 Å². The van der Waals surface area contributed by atoms with E-state index in [1.165, 1.54) is 11.1 Å². The summed E-state index contributed by atoms with van der Waals surface area (Å²) in [5.41, 5.74) is 4.09. The molecule has 0 N–H and O–H groups in total. The molecule has 2 aliphatic heterocycles. The zero-order chi connectivity index (χ0) is 19.0. The van der Waals surface area contributed by atoms with E-state index in [-0.39, 0.29) is 12.3 Å². The minimum Gasteiger partial charge on any atom is -0.495 e. The van der Waals surface area contributed by atoms with E-state index in [1.807, 2.05) is 23.1 Å². The highest BCUT2D eigenvalue weighted by molar-refractivity contribution is 6.32. The van der Waals surface area contributed by atoms with Crippen LogP contribution in [0.3, 0.4) is 0 Å². The van der Waals surface area contributed by atoms with Crippen LogP contribution in [0.1, 0.15) is 23.1 Å². The van der Waals surface area contributed by atoms with Crippen molar-refractivity contribution in [1.29, 1.82) is 0 Å². The molecular formula is C21H22ClNO4. The highest BCUT2D eigenvalue weighted by Gasteiger charge is 2.28. The van der Waals surface area contributed by atoms with Gasteiger partial charge in [-0.2, -0.15) is 0 Å². The van der Waals surface area contributed by atoms with E-state index in [4.69, 9.17) is 25.8 Å². The van der Waals surface area contributed by atoms with Gasteiger partial charge in [-0.25, -0.2) is 0 Å². The molecule has 2 aromatic carbocycles. The Kier molecular flexibility index (Phi) is 4.87. The van der Waals surface area contributed by atoms with Crippen LogP contribution in [0.4, 0.5) is 5.69 Å². The van der Waals surface area contributed by atoms with Crippen LogP contribution in [0.2, 0.25) is 5.02 Å². The van der Waals surface area contributed by atoms with Crippen molar-refractivity contribution < 1.29 is 19.0 Å². The number of benzene rings is 2. The smallest absolute Gasteiger partial charge is 0.231 e. The van der Waals surface area contributed by atoms with Crippen molar-refractivity contribution in [3.63, 3.8) is 0 Å². The maximum Gasteiger partial charge on any atom is 0.231 e. The highest BCUT2D eigenvalue weighted by atomic mass is 35.5. The summed E-state index contributed by atoms with van der Waals surface area (Å²) in [6.07, 6.45) is 2.14. The van der Waals surface area contributed by atoms with Gasteiger partial charge in [-0.05, 0) is 54.7 Å². The first kappa shape index (κ1) is 18.0. The molecule has 0 unspecified atom stereocenters. The summed E-state index contributed by atoms with van der Waals surface area (Å²) < 4.78 is 16.7. The van der Waals surface area contributed by atoms with Crippen LogP contribution in [-0.4, -0.2) is 32.8 Å². The zero-order valence-corrected chi connectivity index (χ0v) is 16.3. The van der Waals surface area contributed by atoms with Crippen molar-refractivity contribution in [2.45, 2.75) is 26.2 Å². The Hall–Kier alpha value is -2.40. The standard InChI is InChI=1S/C21H22ClNO4/c1-13-5-6-17(25-2)20-15(13)4-3-7-23(20)19(24)12-14-10-16(22)21-18(11-14)26-8-9-27-21/h5-6,10-11H,3-4,7-9,12H2,1-2H3. The number of halogens is 1. The van der Waals surface area contributed by atoms with Crippen molar-refractivity contribution in [2.75, 3.05) is 31.8 Å². The van der Waals surface area contributed by atoms with Gasteiger partial charge in [-0.15, -0.1) is 0 Å². The normalized spacial score (nSPS) is 15.3. The fourth-order valence-corrected chi connectivity index (χ4v) is 4.09. The van der Waals surface area contributed by atoms with Gasteiger partial charge in [-0.3, -0.25) is 4.79 Å². The maximum absolute atomic E-state index is 13.1. The number of carbonyl (C=O) groups excluding carboxylic acids is 1. The molecule has 5 nitrogen and oxygen atoms in total. The first-order valence-electron chi connectivity index (χ1n) is 9.13. The molecule has 0 radical (unpaired) electrons. The number of rotatable bonds is 3. The van der Waals surface area contributed by atoms with Crippen LogP contribution in [-0.2, 0) is 17.6 Å². The molecule has 142 valence electrons. The van der Waals surface area contributed by atoms with Gasteiger partial charge in [0, 0.05) is 6.54 Å². The summed E-state index contributed by atoms with van der Waals surface area (Å²) in [6, 6.07) is 7.61. The molecule has 0 atom stereocenters. The van der Waals surface area contributed by atoms with Gasteiger partial charge in [0.15, 0.2) is 11.5 Å². The third kappa shape index (κ3) is 3.32. The van der Waals surface area contributed by atoms with Crippen molar-refractivity contribution in [2.24, 2.45) is 0 Å². The number of fused-ring (bicyclic) bond motifs is 2. The lowest BCUT2D eigenvalue weighted by Gasteiger charge is -2.32. The Morgan fingerprint density at radius 2 is 2.07 bits per heavy atom. The highest BCUT2D eigenvalue weighted by Crippen LogP contribution is 2.40. The summed E-state index contributed by atoms with van der Waals surface area (Å²) in [7, 11) is 1.64. The Bertz CT molecular complexity index is 896. The van der Waals surface area contributed by atoms with Gasteiger partial charge in [-0.1, -0.05) is 17.7 Å². The van der Waals surface area contributed by atoms with E-state index in [1.54, 1.807) is 13.2 Å². The Morgan fingerprint density at radius 3 is 2.89 bits per heavy atom. The monoisotopic (exact) mass is 387 g/mol. The molecule has 0 aromatic heterocycles. The number of carbonyl (C=O) groups is 1. The van der Waals surface area contributed by atoms with Crippen LogP contribution >= 0.6 is 11.6 Å². The van der Waals surface area contributed by atoms with Crippen LogP contribution in [0.5, 0.6) is 17.2 Å². The minimum atomic E-state index is 0.0209. The number of methoxy groups -OCH3 is 1. The van der Waals surface area contributed by atoms with E-state index >= 15 is 0 Å². The Balaban J connectivity index is 1.64. The predicted octanol–water partition coefficient (Wildman–Crippen LogP) is 3.95. The SMILES string of the molecule is COc1ccc(C)c2c1N(C(=O)Cc1cc(Cl)c3c(c1)OCCO3)CCC2. The molecule has 0 spiro atoms. The average Bonchev–Trinajstić information content (AvgIpc) is 2.68. The second-order valence-corrected chi connectivity index (χ2v) is 7.25. The molecule has 2 aromatic rings. The lowest BCUT2D eigenvalue weighted by molar-refractivity contribution is -0.118. The quantitative estimate of drug-likeness (QED) is 0.800. The molecule has 0 fully saturated rings. The molecule has 0 aliphatic carbocycles. The lowest BCUT2D eigenvalue weighted by Crippen LogP contribution is -2.37. The zero-order valence-electron chi connectivity index (χ0n) is 15.5. The average molecular weight is 388 g/mol. The molecule has 6 heteroatoms. The summed E-state index contributed by atoms with van der Waals surface area (Å²) >= 11 is 6.32. The van der Waals surface area contributed by atoms with Crippen molar-refractivity contribution >= 4 is 23.2 Å². The molecule has 27 heavy (non-hydrogen) atoms. The van der Waals surface area contributed by atoms with Gasteiger partial charge in [0.25, 0.3) is 0 Å². The fraction of sp³-hybridized carbons (Fsp3) is 0.381. The molecule has 1 amide bonds. The van der Waals surface area contributed by atoms with Crippen LogP contribution in [0.15, 0.2) is 24.3 Å². The van der Waals surface area contributed by atoms with Crippen molar-refractivity contribution in [3.8, 4) is 17.2 Å². The van der Waals surface area contributed by atoms with Crippen LogP contribution < -0.4 is 19.1 Å². The third-order valence-corrected chi connectivity index (χ3v) is 5.37. The number of ether oxygens (including phenoxy) is 3. The van der Waals surface area contributed by atoms with E-state index in [0.29, 0.717) is 36.3 Å². The van der Waals surface area contributed by atoms with Gasteiger partial charge in [0.05, 0.1) is 24.2 Å². The van der Waals surface area contributed by atoms with Gasteiger partial charge >= 0.3 is 0 Å². The first-order valence-corrected chi connectivity index (χ1v) is 9.51. The summed E-state index contributed by atoms with van der Waals surface area (Å²) in [5, 5.41) is 0.475. The fourth-order valence-electron chi connectivity index (χ4n) is 3.80. The first-order chi connectivity index (χ1) is 13.1. The van der Waals surface area contributed by atoms with Crippen molar-refractivity contribution in [1.82, 2.24) is 0 Å². The molecular weight excluding hydrogens is 366 g/mol. The molecule has 0 saturated heterocycles. The van der Waals surface area contributed by atoms with Crippen molar-refractivity contribution in [3.05, 3.63) is 46.0 Å². The van der Waals surface area contributed by atoms with Crippen LogP contribution in [0, 0.1) is 6.92 Å². The molecule has 0 saturated carbocycles. The second kappa shape index (κ2) is 7.31. The Morgan fingerprint density at radius 1 is 1.26 bits per heavy atom. The van der Waals surface area contributed by atoms with E-state index < -0.39 is 0 Å². The molecule has 0 bridgehead atoms. The number of anilines is 1. The number of hydrogen-bond acceptors (Lipinski definition) is 4. The van der Waals surface area contributed by atoms with Gasteiger partial charge in [0.1, 0.15) is 19.0 Å². The molecule has 2 aliphatic rings.